The van der Waals surface area contributed by atoms with Gasteiger partial charge in [-0.3, -0.25) is 9.88 Å². The van der Waals surface area contributed by atoms with Crippen LogP contribution in [0, 0.1) is 0 Å². The largest absolute Gasteiger partial charge is 0.357 e. The van der Waals surface area contributed by atoms with Crippen LogP contribution >= 0.6 is 24.0 Å². The lowest BCUT2D eigenvalue weighted by Gasteiger charge is -2.29. The molecular formula is C21H30IN5. The minimum atomic E-state index is 0. The van der Waals surface area contributed by atoms with Crippen LogP contribution in [-0.4, -0.2) is 42.0 Å². The molecule has 0 bridgehead atoms. The van der Waals surface area contributed by atoms with Gasteiger partial charge >= 0.3 is 0 Å². The predicted molar refractivity (Wildman–Crippen MR) is 122 cm³/mol. The van der Waals surface area contributed by atoms with Crippen LogP contribution in [0.4, 0.5) is 0 Å². The molecule has 1 atom stereocenters. The topological polar surface area (TPSA) is 52.6 Å². The standard InChI is InChI=1S/C21H29N5.HI/c1-2-22-21(24-16-19-12-6-7-13-23-19)25-17-20(26-14-8-9-15-26)18-10-4-3-5-11-18;/h3-7,10-13,20H,2,8-9,14-17H2,1H3,(H2,22,24,25);1H. The number of aliphatic imine (C=N–C) groups is 1. The number of rotatable bonds is 7. The minimum absolute atomic E-state index is 0. The van der Waals surface area contributed by atoms with E-state index in [9.17, 15) is 0 Å². The Kier molecular flexibility index (Phi) is 9.55. The zero-order valence-corrected chi connectivity index (χ0v) is 18.3. The molecule has 27 heavy (non-hydrogen) atoms. The number of benzene rings is 1. The predicted octanol–water partition coefficient (Wildman–Crippen LogP) is 3.59. The molecule has 0 spiro atoms. The maximum Gasteiger partial charge on any atom is 0.191 e. The van der Waals surface area contributed by atoms with Gasteiger partial charge in [0.2, 0.25) is 0 Å². The van der Waals surface area contributed by atoms with E-state index in [0.29, 0.717) is 12.6 Å². The molecule has 0 aliphatic carbocycles. The van der Waals surface area contributed by atoms with Gasteiger partial charge in [0.1, 0.15) is 0 Å². The zero-order valence-electron chi connectivity index (χ0n) is 16.0. The normalized spacial score (nSPS) is 15.8. The van der Waals surface area contributed by atoms with Crippen molar-refractivity contribution in [3.8, 4) is 0 Å². The van der Waals surface area contributed by atoms with Gasteiger partial charge in [0.05, 0.1) is 18.3 Å². The van der Waals surface area contributed by atoms with E-state index in [1.54, 1.807) is 0 Å². The fraction of sp³-hybridized carbons (Fsp3) is 0.429. The second-order valence-corrected chi connectivity index (χ2v) is 6.57. The van der Waals surface area contributed by atoms with Crippen LogP contribution in [0.25, 0.3) is 0 Å². The van der Waals surface area contributed by atoms with Gasteiger partial charge in [0.25, 0.3) is 0 Å². The summed E-state index contributed by atoms with van der Waals surface area (Å²) < 4.78 is 0. The highest BCUT2D eigenvalue weighted by Gasteiger charge is 2.23. The van der Waals surface area contributed by atoms with Crippen molar-refractivity contribution in [1.29, 1.82) is 0 Å². The van der Waals surface area contributed by atoms with Crippen LogP contribution in [0.5, 0.6) is 0 Å². The molecule has 0 radical (unpaired) electrons. The summed E-state index contributed by atoms with van der Waals surface area (Å²) in [6.07, 6.45) is 4.39. The molecule has 0 saturated carbocycles. The van der Waals surface area contributed by atoms with E-state index < -0.39 is 0 Å². The SMILES string of the molecule is CCNC(=NCc1ccccn1)NCC(c1ccccc1)N1CCCC1.I. The Labute approximate surface area is 179 Å². The van der Waals surface area contributed by atoms with Crippen LogP contribution in [-0.2, 0) is 6.54 Å². The number of nitrogens with one attached hydrogen (secondary N) is 2. The number of nitrogens with zero attached hydrogens (tertiary/aromatic N) is 3. The van der Waals surface area contributed by atoms with Gasteiger partial charge in [0, 0.05) is 19.3 Å². The Balaban J connectivity index is 0.00000261. The van der Waals surface area contributed by atoms with Crippen LogP contribution in [0.3, 0.4) is 0 Å². The summed E-state index contributed by atoms with van der Waals surface area (Å²) in [5, 5.41) is 6.88. The van der Waals surface area contributed by atoms with Gasteiger partial charge in [-0.15, -0.1) is 24.0 Å². The van der Waals surface area contributed by atoms with Crippen molar-refractivity contribution >= 4 is 29.9 Å². The molecule has 1 aliphatic rings. The Morgan fingerprint density at radius 3 is 2.48 bits per heavy atom. The average Bonchev–Trinajstić information content (AvgIpc) is 3.22. The fourth-order valence-electron chi connectivity index (χ4n) is 3.37. The number of likely N-dealkylation sites (tertiary alicyclic amines) is 1. The Hall–Kier alpha value is -1.67. The molecule has 1 aromatic carbocycles. The first-order chi connectivity index (χ1) is 12.9. The second-order valence-electron chi connectivity index (χ2n) is 6.57. The van der Waals surface area contributed by atoms with Crippen molar-refractivity contribution in [2.75, 3.05) is 26.2 Å². The van der Waals surface area contributed by atoms with Crippen molar-refractivity contribution in [2.24, 2.45) is 4.99 Å². The van der Waals surface area contributed by atoms with E-state index in [-0.39, 0.29) is 24.0 Å². The van der Waals surface area contributed by atoms with E-state index >= 15 is 0 Å². The van der Waals surface area contributed by atoms with Gasteiger partial charge in [-0.2, -0.15) is 0 Å². The second kappa shape index (κ2) is 11.9. The number of guanidine groups is 1. The monoisotopic (exact) mass is 479 g/mol. The van der Waals surface area contributed by atoms with Gasteiger partial charge in [0.15, 0.2) is 5.96 Å². The Bertz CT molecular complexity index is 671. The van der Waals surface area contributed by atoms with Crippen LogP contribution in [0.2, 0.25) is 0 Å². The molecule has 146 valence electrons. The fourth-order valence-corrected chi connectivity index (χ4v) is 3.37. The van der Waals surface area contributed by atoms with E-state index in [1.807, 2.05) is 24.4 Å². The molecule has 5 nitrogen and oxygen atoms in total. The molecule has 2 heterocycles. The molecule has 0 amide bonds. The van der Waals surface area contributed by atoms with Gasteiger partial charge < -0.3 is 10.6 Å². The molecule has 6 heteroatoms. The summed E-state index contributed by atoms with van der Waals surface area (Å²) in [7, 11) is 0. The molecule has 1 fully saturated rings. The van der Waals surface area contributed by atoms with Crippen molar-refractivity contribution in [3.63, 3.8) is 0 Å². The van der Waals surface area contributed by atoms with Crippen molar-refractivity contribution in [3.05, 3.63) is 66.0 Å². The lowest BCUT2D eigenvalue weighted by Crippen LogP contribution is -2.42. The quantitative estimate of drug-likeness (QED) is 0.362. The van der Waals surface area contributed by atoms with Gasteiger partial charge in [-0.1, -0.05) is 36.4 Å². The third-order valence-corrected chi connectivity index (χ3v) is 4.70. The number of pyridine rings is 1. The molecule has 2 aromatic rings. The molecular weight excluding hydrogens is 449 g/mol. The minimum Gasteiger partial charge on any atom is -0.357 e. The number of hydrogen-bond donors (Lipinski definition) is 2. The molecule has 3 rings (SSSR count). The summed E-state index contributed by atoms with van der Waals surface area (Å²) in [5.74, 6) is 0.846. The maximum absolute atomic E-state index is 4.69. The number of aromatic nitrogens is 1. The van der Waals surface area contributed by atoms with Gasteiger partial charge in [-0.05, 0) is 50.6 Å². The first-order valence-corrected chi connectivity index (χ1v) is 9.58. The zero-order chi connectivity index (χ0) is 18.0. The van der Waals surface area contributed by atoms with E-state index in [1.165, 1.54) is 31.5 Å². The average molecular weight is 479 g/mol. The first kappa shape index (κ1) is 21.6. The highest BCUT2D eigenvalue weighted by Crippen LogP contribution is 2.24. The lowest BCUT2D eigenvalue weighted by molar-refractivity contribution is 0.245. The Morgan fingerprint density at radius 1 is 1.07 bits per heavy atom. The highest BCUT2D eigenvalue weighted by atomic mass is 127. The van der Waals surface area contributed by atoms with Crippen molar-refractivity contribution < 1.29 is 0 Å². The molecule has 1 unspecified atom stereocenters. The van der Waals surface area contributed by atoms with E-state index in [0.717, 1.165) is 24.7 Å². The molecule has 1 aliphatic heterocycles. The third-order valence-electron chi connectivity index (χ3n) is 4.70. The third kappa shape index (κ3) is 6.77. The molecule has 1 saturated heterocycles. The summed E-state index contributed by atoms with van der Waals surface area (Å²) in [6, 6.07) is 17.1. The van der Waals surface area contributed by atoms with Crippen LogP contribution in [0.1, 0.15) is 37.1 Å². The smallest absolute Gasteiger partial charge is 0.191 e. The van der Waals surface area contributed by atoms with Crippen molar-refractivity contribution in [2.45, 2.75) is 32.4 Å². The van der Waals surface area contributed by atoms with Gasteiger partial charge in [-0.25, -0.2) is 4.99 Å². The number of halogens is 1. The summed E-state index contributed by atoms with van der Waals surface area (Å²) >= 11 is 0. The number of hydrogen-bond acceptors (Lipinski definition) is 3. The van der Waals surface area contributed by atoms with E-state index in [2.05, 4.69) is 62.8 Å². The first-order valence-electron chi connectivity index (χ1n) is 9.58. The Morgan fingerprint density at radius 2 is 1.81 bits per heavy atom. The van der Waals surface area contributed by atoms with E-state index in [4.69, 9.17) is 0 Å². The lowest BCUT2D eigenvalue weighted by atomic mass is 10.1. The summed E-state index contributed by atoms with van der Waals surface area (Å²) in [4.78, 5) is 11.6. The molecule has 2 N–H and O–H groups in total. The molecule has 1 aromatic heterocycles. The summed E-state index contributed by atoms with van der Waals surface area (Å²) in [5.41, 5.74) is 2.34. The maximum atomic E-state index is 4.69. The van der Waals surface area contributed by atoms with Crippen LogP contribution in [0.15, 0.2) is 59.7 Å². The summed E-state index contributed by atoms with van der Waals surface area (Å²) in [6.45, 7) is 6.69. The van der Waals surface area contributed by atoms with Crippen LogP contribution < -0.4 is 10.6 Å². The van der Waals surface area contributed by atoms with Crippen molar-refractivity contribution in [1.82, 2.24) is 20.5 Å². The highest BCUT2D eigenvalue weighted by molar-refractivity contribution is 14.0.